The van der Waals surface area contributed by atoms with E-state index in [2.05, 4.69) is 5.32 Å². The smallest absolute Gasteiger partial charge is 0.242 e. The molecule has 0 aromatic heterocycles. The van der Waals surface area contributed by atoms with Gasteiger partial charge in [0.25, 0.3) is 0 Å². The molecule has 0 radical (unpaired) electrons. The fourth-order valence-corrected chi connectivity index (χ4v) is 2.45. The van der Waals surface area contributed by atoms with Crippen molar-refractivity contribution in [3.8, 4) is 0 Å². The van der Waals surface area contributed by atoms with Crippen LogP contribution in [-0.2, 0) is 22.6 Å². The maximum atomic E-state index is 13.0. The lowest BCUT2D eigenvalue weighted by Crippen LogP contribution is -2.47. The third-order valence-electron chi connectivity index (χ3n) is 3.88. The molecule has 2 aromatic carbocycles. The Morgan fingerprint density at radius 2 is 1.67 bits per heavy atom. The fourth-order valence-electron chi connectivity index (χ4n) is 2.45. The van der Waals surface area contributed by atoms with E-state index in [4.69, 9.17) is 0 Å². The summed E-state index contributed by atoms with van der Waals surface area (Å²) in [5.74, 6) is -0.744. The van der Waals surface area contributed by atoms with E-state index in [0.29, 0.717) is 12.1 Å². The quantitative estimate of drug-likeness (QED) is 0.886. The van der Waals surface area contributed by atoms with Crippen molar-refractivity contribution in [1.29, 1.82) is 0 Å². The molecule has 0 fully saturated rings. The molecule has 5 heteroatoms. The van der Waals surface area contributed by atoms with E-state index in [0.717, 1.165) is 5.56 Å². The van der Waals surface area contributed by atoms with Crippen LogP contribution in [0.4, 0.5) is 4.39 Å². The highest BCUT2D eigenvalue weighted by Crippen LogP contribution is 2.12. The second-order valence-corrected chi connectivity index (χ2v) is 5.60. The van der Waals surface area contributed by atoms with Gasteiger partial charge in [-0.25, -0.2) is 4.39 Å². The zero-order chi connectivity index (χ0) is 17.5. The largest absolute Gasteiger partial charge is 0.357 e. The van der Waals surface area contributed by atoms with Gasteiger partial charge < -0.3 is 10.2 Å². The molecule has 126 valence electrons. The molecule has 0 bridgehead atoms. The van der Waals surface area contributed by atoms with Crippen LogP contribution in [0.2, 0.25) is 0 Å². The van der Waals surface area contributed by atoms with Gasteiger partial charge in [-0.3, -0.25) is 9.59 Å². The van der Waals surface area contributed by atoms with Gasteiger partial charge in [0, 0.05) is 13.6 Å². The van der Waals surface area contributed by atoms with E-state index < -0.39 is 6.04 Å². The number of halogens is 1. The van der Waals surface area contributed by atoms with Gasteiger partial charge in [0.05, 0.1) is 6.42 Å². The Morgan fingerprint density at radius 1 is 1.04 bits per heavy atom. The minimum Gasteiger partial charge on any atom is -0.357 e. The van der Waals surface area contributed by atoms with E-state index in [-0.39, 0.29) is 24.1 Å². The Kier molecular flexibility index (Phi) is 6.07. The molecule has 1 atom stereocenters. The molecular weight excluding hydrogens is 307 g/mol. The van der Waals surface area contributed by atoms with Crippen molar-refractivity contribution in [3.63, 3.8) is 0 Å². The summed E-state index contributed by atoms with van der Waals surface area (Å²) in [5, 5.41) is 2.57. The first kappa shape index (κ1) is 17.7. The average molecular weight is 328 g/mol. The minimum absolute atomic E-state index is 0.119. The summed E-state index contributed by atoms with van der Waals surface area (Å²) in [7, 11) is 1.55. The summed E-state index contributed by atoms with van der Waals surface area (Å²) in [6, 6.07) is 14.7. The summed E-state index contributed by atoms with van der Waals surface area (Å²) < 4.78 is 13.0. The van der Waals surface area contributed by atoms with Gasteiger partial charge in [-0.1, -0.05) is 42.5 Å². The zero-order valence-electron chi connectivity index (χ0n) is 13.8. The number of amides is 2. The number of rotatable bonds is 6. The minimum atomic E-state index is -0.594. The topological polar surface area (TPSA) is 49.4 Å². The molecule has 0 unspecified atom stereocenters. The van der Waals surface area contributed by atoms with E-state index in [1.807, 2.05) is 30.3 Å². The number of nitrogens with one attached hydrogen (secondary N) is 1. The van der Waals surface area contributed by atoms with Gasteiger partial charge in [0.2, 0.25) is 11.8 Å². The lowest BCUT2D eigenvalue weighted by atomic mass is 10.1. The maximum Gasteiger partial charge on any atom is 0.242 e. The first-order valence-electron chi connectivity index (χ1n) is 7.80. The van der Waals surface area contributed by atoms with E-state index in [9.17, 15) is 14.0 Å². The lowest BCUT2D eigenvalue weighted by molar-refractivity contribution is -0.139. The van der Waals surface area contributed by atoms with Crippen molar-refractivity contribution in [1.82, 2.24) is 10.2 Å². The van der Waals surface area contributed by atoms with Gasteiger partial charge in [0.15, 0.2) is 0 Å². The Balaban J connectivity index is 2.18. The Hall–Kier alpha value is -2.69. The summed E-state index contributed by atoms with van der Waals surface area (Å²) >= 11 is 0. The van der Waals surface area contributed by atoms with Gasteiger partial charge in [-0.05, 0) is 30.2 Å². The molecule has 24 heavy (non-hydrogen) atoms. The third kappa shape index (κ3) is 4.65. The summed E-state index contributed by atoms with van der Waals surface area (Å²) in [4.78, 5) is 26.2. The van der Waals surface area contributed by atoms with Gasteiger partial charge in [-0.2, -0.15) is 0 Å². The first-order chi connectivity index (χ1) is 11.5. The Morgan fingerprint density at radius 3 is 2.25 bits per heavy atom. The molecule has 0 aliphatic carbocycles. The molecule has 0 aliphatic rings. The van der Waals surface area contributed by atoms with E-state index >= 15 is 0 Å². The molecule has 0 heterocycles. The van der Waals surface area contributed by atoms with Crippen LogP contribution in [0, 0.1) is 5.82 Å². The van der Waals surface area contributed by atoms with Crippen molar-refractivity contribution in [2.75, 3.05) is 7.05 Å². The van der Waals surface area contributed by atoms with Crippen LogP contribution >= 0.6 is 0 Å². The lowest BCUT2D eigenvalue weighted by Gasteiger charge is -2.28. The first-order valence-corrected chi connectivity index (χ1v) is 7.80. The van der Waals surface area contributed by atoms with Gasteiger partial charge >= 0.3 is 0 Å². The van der Waals surface area contributed by atoms with Gasteiger partial charge in [-0.15, -0.1) is 0 Å². The van der Waals surface area contributed by atoms with Crippen molar-refractivity contribution in [2.45, 2.75) is 25.9 Å². The number of hydrogen-bond acceptors (Lipinski definition) is 2. The Labute approximate surface area is 141 Å². The number of carbonyl (C=O) groups excluding carboxylic acids is 2. The molecule has 1 N–H and O–H groups in total. The van der Waals surface area contributed by atoms with Crippen molar-refractivity contribution in [2.24, 2.45) is 0 Å². The SMILES string of the molecule is CNC(=O)[C@@H](C)N(Cc1ccccc1)C(=O)Cc1ccc(F)cc1. The van der Waals surface area contributed by atoms with Crippen LogP contribution in [-0.4, -0.2) is 29.8 Å². The standard InChI is InChI=1S/C19H21FN2O2/c1-14(19(24)21-2)22(13-16-6-4-3-5-7-16)18(23)12-15-8-10-17(20)11-9-15/h3-11,14H,12-13H2,1-2H3,(H,21,24)/t14-/m1/s1. The van der Waals surface area contributed by atoms with Crippen molar-refractivity contribution < 1.29 is 14.0 Å². The molecule has 0 saturated carbocycles. The van der Waals surface area contributed by atoms with Gasteiger partial charge in [0.1, 0.15) is 11.9 Å². The molecule has 2 aromatic rings. The number of nitrogens with zero attached hydrogens (tertiary/aromatic N) is 1. The molecule has 2 amide bonds. The predicted octanol–water partition coefficient (Wildman–Crippen LogP) is 2.53. The molecule has 0 aliphatic heterocycles. The normalized spacial score (nSPS) is 11.6. The van der Waals surface area contributed by atoms with Crippen LogP contribution in [0.1, 0.15) is 18.1 Å². The molecule has 2 rings (SSSR count). The highest BCUT2D eigenvalue weighted by atomic mass is 19.1. The number of likely N-dealkylation sites (N-methyl/N-ethyl adjacent to an activating group) is 1. The summed E-state index contributed by atoms with van der Waals surface area (Å²) in [5.41, 5.74) is 1.66. The van der Waals surface area contributed by atoms with Crippen LogP contribution < -0.4 is 5.32 Å². The highest BCUT2D eigenvalue weighted by molar-refractivity contribution is 5.88. The van der Waals surface area contributed by atoms with Crippen molar-refractivity contribution >= 4 is 11.8 Å². The zero-order valence-corrected chi connectivity index (χ0v) is 13.8. The molecule has 0 spiro atoms. The molecule has 0 saturated heterocycles. The number of benzene rings is 2. The number of carbonyl (C=O) groups is 2. The third-order valence-corrected chi connectivity index (χ3v) is 3.88. The van der Waals surface area contributed by atoms with Crippen molar-refractivity contribution in [3.05, 3.63) is 71.5 Å². The van der Waals surface area contributed by atoms with E-state index in [1.54, 1.807) is 26.1 Å². The van der Waals surface area contributed by atoms with Crippen LogP contribution in [0.15, 0.2) is 54.6 Å². The maximum absolute atomic E-state index is 13.0. The van der Waals surface area contributed by atoms with Crippen LogP contribution in [0.5, 0.6) is 0 Å². The van der Waals surface area contributed by atoms with Crippen LogP contribution in [0.3, 0.4) is 0 Å². The van der Waals surface area contributed by atoms with E-state index in [1.165, 1.54) is 17.0 Å². The molecule has 4 nitrogen and oxygen atoms in total. The molecular formula is C19H21FN2O2. The second-order valence-electron chi connectivity index (χ2n) is 5.60. The number of hydrogen-bond donors (Lipinski definition) is 1. The second kappa shape index (κ2) is 8.24. The summed E-state index contributed by atoms with van der Waals surface area (Å²) in [6.45, 7) is 2.04. The fraction of sp³-hybridized carbons (Fsp3) is 0.263. The van der Waals surface area contributed by atoms with Crippen LogP contribution in [0.25, 0.3) is 0 Å². The Bertz CT molecular complexity index is 686. The average Bonchev–Trinajstić information content (AvgIpc) is 2.61. The predicted molar refractivity (Wildman–Crippen MR) is 90.6 cm³/mol. The monoisotopic (exact) mass is 328 g/mol. The summed E-state index contributed by atoms with van der Waals surface area (Å²) in [6.07, 6.45) is 0.119. The highest BCUT2D eigenvalue weighted by Gasteiger charge is 2.25.